The molecule has 0 radical (unpaired) electrons. The molecule has 0 aliphatic heterocycles. The van der Waals surface area contributed by atoms with E-state index >= 15 is 0 Å². The van der Waals surface area contributed by atoms with Gasteiger partial charge in [-0.25, -0.2) is 9.18 Å². The molecule has 2 rings (SSSR count). The molecule has 0 amide bonds. The molecule has 0 saturated heterocycles. The number of rotatable bonds is 4. The van der Waals surface area contributed by atoms with E-state index in [4.69, 9.17) is 9.85 Å². The molecule has 0 aliphatic rings. The van der Waals surface area contributed by atoms with Gasteiger partial charge in [0, 0.05) is 16.7 Å². The Morgan fingerprint density at radius 3 is 2.58 bits per heavy atom. The first-order chi connectivity index (χ1) is 12.1. The number of nitrogens with two attached hydrogens (primary N) is 1. The quantitative estimate of drug-likeness (QED) is 0.820. The predicted molar refractivity (Wildman–Crippen MR) is 91.7 cm³/mol. The van der Waals surface area contributed by atoms with Gasteiger partial charge in [-0.15, -0.1) is 5.10 Å². The molecule has 3 N–H and O–H groups in total. The normalized spacial score (nSPS) is 16.8. The van der Waals surface area contributed by atoms with Crippen molar-refractivity contribution in [1.82, 2.24) is 15.0 Å². The molecular weight excluding hydrogens is 379 g/mol. The zero-order valence-electron chi connectivity index (χ0n) is 16.5. The minimum Gasteiger partial charge on any atom is -0.480 e. The van der Waals surface area contributed by atoms with Gasteiger partial charge in [-0.05, 0) is 45.5 Å². The molecule has 6 nitrogen and oxygen atoms in total. The van der Waals surface area contributed by atoms with Crippen molar-refractivity contribution < 1.29 is 18.4 Å². The smallest absolute Gasteiger partial charge is 0.328 e. The Kier molecular flexibility index (Phi) is 3.79. The Morgan fingerprint density at radius 2 is 2.12 bits per heavy atom. The maximum absolute atomic E-state index is 14.8. The number of carboxylic acids is 1. The van der Waals surface area contributed by atoms with Crippen LogP contribution in [0, 0.1) is 11.2 Å². The Bertz CT molecular complexity index is 880. The summed E-state index contributed by atoms with van der Waals surface area (Å²) in [5.41, 5.74) is 4.00. The lowest BCUT2D eigenvalue weighted by atomic mass is 9.76. The summed E-state index contributed by atoms with van der Waals surface area (Å²) >= 11 is 3.07. The van der Waals surface area contributed by atoms with Crippen molar-refractivity contribution >= 4 is 21.9 Å². The van der Waals surface area contributed by atoms with Gasteiger partial charge in [0.15, 0.2) is 4.60 Å². The molecule has 1 aromatic carbocycles. The highest BCUT2D eigenvalue weighted by atomic mass is 79.9. The van der Waals surface area contributed by atoms with E-state index in [1.54, 1.807) is 0 Å². The lowest BCUT2D eigenvalue weighted by Crippen LogP contribution is -2.47. The number of halogens is 2. The number of hydrogen-bond donors (Lipinski definition) is 2. The van der Waals surface area contributed by atoms with Crippen LogP contribution in [-0.2, 0) is 17.3 Å². The van der Waals surface area contributed by atoms with Crippen LogP contribution in [0.3, 0.4) is 0 Å². The van der Waals surface area contributed by atoms with Crippen molar-refractivity contribution in [3.05, 3.63) is 34.2 Å². The number of carbonyl (C=O) groups is 1. The summed E-state index contributed by atoms with van der Waals surface area (Å²) in [7, 11) is 0. The van der Waals surface area contributed by atoms with Gasteiger partial charge in [0.05, 0.1) is 0 Å². The van der Waals surface area contributed by atoms with Crippen LogP contribution in [0.4, 0.5) is 4.39 Å². The highest BCUT2D eigenvalue weighted by Gasteiger charge is 2.40. The van der Waals surface area contributed by atoms with Gasteiger partial charge < -0.3 is 10.8 Å². The summed E-state index contributed by atoms with van der Waals surface area (Å²) in [6.45, 7) is 2.91. The van der Waals surface area contributed by atoms with Crippen LogP contribution < -0.4 is 5.73 Å². The van der Waals surface area contributed by atoms with Crippen LogP contribution in [0.25, 0.3) is 11.3 Å². The second-order valence-electron chi connectivity index (χ2n) is 6.84. The first kappa shape index (κ1) is 14.5. The lowest BCUT2D eigenvalue weighted by Gasteiger charge is -2.32. The molecule has 24 heavy (non-hydrogen) atoms. The Morgan fingerprint density at radius 1 is 1.46 bits per heavy atom. The number of aromatic nitrogens is 3. The third kappa shape index (κ3) is 3.64. The largest absolute Gasteiger partial charge is 0.480 e. The molecule has 130 valence electrons. The van der Waals surface area contributed by atoms with Crippen LogP contribution in [0.2, 0.25) is 0 Å². The molecule has 1 aromatic heterocycles. The molecule has 0 bridgehead atoms. The van der Waals surface area contributed by atoms with Crippen LogP contribution in [0.15, 0.2) is 22.8 Å². The lowest BCUT2D eigenvalue weighted by molar-refractivity contribution is -0.145. The Labute approximate surface area is 152 Å². The summed E-state index contributed by atoms with van der Waals surface area (Å²) in [6, 6.07) is 3.76. The highest BCUT2D eigenvalue weighted by molar-refractivity contribution is 9.10. The Balaban J connectivity index is 2.52. The van der Waals surface area contributed by atoms with E-state index in [0.717, 1.165) is 6.07 Å². The second-order valence-corrected chi connectivity index (χ2v) is 7.59. The van der Waals surface area contributed by atoms with Gasteiger partial charge in [-0.1, -0.05) is 26.8 Å². The summed E-state index contributed by atoms with van der Waals surface area (Å²) in [5.74, 6) is -2.05. The van der Waals surface area contributed by atoms with Crippen molar-refractivity contribution in [3.8, 4) is 11.3 Å². The van der Waals surface area contributed by atoms with E-state index < -0.39 is 29.7 Å². The van der Waals surface area contributed by atoms with Crippen molar-refractivity contribution in [2.75, 3.05) is 0 Å². The standard InChI is InChI=1S/C16H20BrFN4O2/c1-15(2,3)8-16(19,14(23)24)9-5-6-10(11(18)7-9)12-13(17)21-22(4)20-12/h5-7H,8,19H2,1-4H3,(H,23,24)/t16-/m1/s1/i4D3. The number of hydrogen-bond acceptors (Lipinski definition) is 4. The molecular formula is C16H20BrFN4O2. The van der Waals surface area contributed by atoms with Crippen molar-refractivity contribution in [1.29, 1.82) is 0 Å². The van der Waals surface area contributed by atoms with Crippen LogP contribution in [0.5, 0.6) is 0 Å². The third-order valence-corrected chi connectivity index (χ3v) is 4.04. The van der Waals surface area contributed by atoms with E-state index in [1.807, 2.05) is 20.8 Å². The average Bonchev–Trinajstić information content (AvgIpc) is 2.87. The van der Waals surface area contributed by atoms with E-state index in [-0.39, 0.29) is 27.8 Å². The zero-order chi connectivity index (χ0) is 20.8. The summed E-state index contributed by atoms with van der Waals surface area (Å²) in [6.07, 6.45) is 0.0903. The zero-order valence-corrected chi connectivity index (χ0v) is 15.1. The van der Waals surface area contributed by atoms with Gasteiger partial charge in [-0.2, -0.15) is 9.90 Å². The number of nitrogens with zero attached hydrogens (tertiary/aromatic N) is 3. The monoisotopic (exact) mass is 401 g/mol. The number of carboxylic acid groups (broad SMARTS) is 1. The predicted octanol–water partition coefficient (Wildman–Crippen LogP) is 3.06. The molecule has 1 atom stereocenters. The van der Waals surface area contributed by atoms with Gasteiger partial charge in [0.1, 0.15) is 17.1 Å². The van der Waals surface area contributed by atoms with E-state index in [9.17, 15) is 14.3 Å². The van der Waals surface area contributed by atoms with Crippen LogP contribution in [-0.4, -0.2) is 26.1 Å². The van der Waals surface area contributed by atoms with Gasteiger partial charge in [-0.3, -0.25) is 0 Å². The first-order valence-electron chi connectivity index (χ1n) is 8.61. The molecule has 0 unspecified atom stereocenters. The van der Waals surface area contributed by atoms with Crippen molar-refractivity contribution in [2.45, 2.75) is 32.7 Å². The Hall–Kier alpha value is -1.80. The topological polar surface area (TPSA) is 94.0 Å². The van der Waals surface area contributed by atoms with Crippen LogP contribution >= 0.6 is 15.9 Å². The summed E-state index contributed by atoms with van der Waals surface area (Å²) in [4.78, 5) is 12.3. The van der Waals surface area contributed by atoms with E-state index in [2.05, 4.69) is 26.1 Å². The molecule has 2 aromatic rings. The molecule has 0 spiro atoms. The summed E-state index contributed by atoms with van der Waals surface area (Å²) in [5, 5.41) is 17.1. The fourth-order valence-corrected chi connectivity index (χ4v) is 3.02. The maximum Gasteiger partial charge on any atom is 0.328 e. The van der Waals surface area contributed by atoms with E-state index in [1.165, 1.54) is 12.1 Å². The van der Waals surface area contributed by atoms with Gasteiger partial charge in [0.2, 0.25) is 0 Å². The molecule has 1 heterocycles. The SMILES string of the molecule is [2H]C([2H])([2H])n1nc(Br)c(-c2ccc([C@](N)(CC(C)(C)C)C(=O)O)cc2F)n1. The second kappa shape index (κ2) is 6.25. The van der Waals surface area contributed by atoms with Crippen LogP contribution in [0.1, 0.15) is 36.9 Å². The van der Waals surface area contributed by atoms with Crippen molar-refractivity contribution in [2.24, 2.45) is 18.1 Å². The highest BCUT2D eigenvalue weighted by Crippen LogP contribution is 2.35. The molecule has 0 fully saturated rings. The molecule has 8 heteroatoms. The fourth-order valence-electron chi connectivity index (χ4n) is 2.58. The molecule has 0 saturated carbocycles. The van der Waals surface area contributed by atoms with Gasteiger partial charge >= 0.3 is 5.97 Å². The van der Waals surface area contributed by atoms with Crippen molar-refractivity contribution in [3.63, 3.8) is 0 Å². The minimum atomic E-state index is -2.61. The molecule has 0 aliphatic carbocycles. The fraction of sp³-hybridized carbons (Fsp3) is 0.438. The van der Waals surface area contributed by atoms with E-state index in [0.29, 0.717) is 4.80 Å². The number of aryl methyl sites for hydroxylation is 1. The van der Waals surface area contributed by atoms with Gasteiger partial charge in [0.25, 0.3) is 0 Å². The first-order valence-corrected chi connectivity index (χ1v) is 7.90. The minimum absolute atomic E-state index is 0.0102. The average molecular weight is 402 g/mol. The maximum atomic E-state index is 14.8. The number of aliphatic carboxylic acids is 1. The summed E-state index contributed by atoms with van der Waals surface area (Å²) < 4.78 is 36.8. The third-order valence-electron chi connectivity index (χ3n) is 3.50. The number of benzene rings is 1.